The van der Waals surface area contributed by atoms with Crippen LogP contribution in [0.2, 0.25) is 0 Å². The first-order valence-corrected chi connectivity index (χ1v) is 8.83. The van der Waals surface area contributed by atoms with Gasteiger partial charge in [-0.15, -0.1) is 0 Å². The van der Waals surface area contributed by atoms with Crippen LogP contribution in [-0.2, 0) is 11.3 Å². The largest absolute Gasteiger partial charge is 0.497 e. The van der Waals surface area contributed by atoms with Crippen LogP contribution in [0, 0.1) is 0 Å². The fourth-order valence-electron chi connectivity index (χ4n) is 2.66. The number of hydrogen-bond donors (Lipinski definition) is 2. The van der Waals surface area contributed by atoms with Gasteiger partial charge in [-0.05, 0) is 18.2 Å². The summed E-state index contributed by atoms with van der Waals surface area (Å²) in [5.74, 6) is 0.783. The van der Waals surface area contributed by atoms with Crippen LogP contribution in [0.1, 0.15) is 5.56 Å². The number of rotatable bonds is 9. The number of carbonyl (C=O) groups is 1. The van der Waals surface area contributed by atoms with E-state index in [4.69, 9.17) is 19.3 Å². The number of ether oxygens (including phenoxy) is 3. The van der Waals surface area contributed by atoms with Crippen LogP contribution in [0.5, 0.6) is 17.4 Å². The van der Waals surface area contributed by atoms with Gasteiger partial charge < -0.3 is 24.6 Å². The lowest BCUT2D eigenvalue weighted by Gasteiger charge is -2.13. The second-order valence-corrected chi connectivity index (χ2v) is 5.99. The molecule has 0 aliphatic heterocycles. The molecule has 0 atom stereocenters. The molecule has 1 heterocycles. The van der Waals surface area contributed by atoms with Crippen molar-refractivity contribution in [2.75, 3.05) is 26.1 Å². The molecule has 0 spiro atoms. The van der Waals surface area contributed by atoms with E-state index in [0.29, 0.717) is 29.7 Å². The summed E-state index contributed by atoms with van der Waals surface area (Å²) in [6.07, 6.45) is 0. The second kappa shape index (κ2) is 9.41. The molecule has 0 radical (unpaired) electrons. The number of aliphatic carboxylic acids is 1. The van der Waals surface area contributed by atoms with Gasteiger partial charge in [-0.25, -0.2) is 9.78 Å². The molecular weight excluding hydrogens is 374 g/mol. The Morgan fingerprint density at radius 2 is 1.83 bits per heavy atom. The lowest BCUT2D eigenvalue weighted by atomic mass is 10.1. The number of hydrogen-bond acceptors (Lipinski definition) is 7. The van der Waals surface area contributed by atoms with Gasteiger partial charge in [0.05, 0.1) is 19.9 Å². The summed E-state index contributed by atoms with van der Waals surface area (Å²) in [7, 11) is 3.19. The van der Waals surface area contributed by atoms with Crippen LogP contribution >= 0.6 is 0 Å². The van der Waals surface area contributed by atoms with Gasteiger partial charge in [0.25, 0.3) is 0 Å². The molecule has 0 aliphatic carbocycles. The summed E-state index contributed by atoms with van der Waals surface area (Å²) in [6.45, 7) is -0.120. The summed E-state index contributed by atoms with van der Waals surface area (Å²) in [5, 5.41) is 12.0. The molecule has 3 rings (SSSR count). The lowest BCUT2D eigenvalue weighted by Crippen LogP contribution is -2.12. The van der Waals surface area contributed by atoms with Crippen molar-refractivity contribution in [3.63, 3.8) is 0 Å². The van der Waals surface area contributed by atoms with Crippen molar-refractivity contribution in [3.8, 4) is 28.6 Å². The highest BCUT2D eigenvalue weighted by molar-refractivity contribution is 5.68. The fourth-order valence-corrected chi connectivity index (χ4v) is 2.66. The Kier molecular flexibility index (Phi) is 6.47. The van der Waals surface area contributed by atoms with Crippen LogP contribution in [0.4, 0.5) is 5.95 Å². The normalized spacial score (nSPS) is 10.3. The van der Waals surface area contributed by atoms with Gasteiger partial charge in [-0.2, -0.15) is 4.98 Å². The standard InChI is InChI=1S/C21H21N3O5/c1-27-16-8-9-18(28-2)15(10-16)12-22-21-23-17(14-6-4-3-5-7-14)11-19(24-21)29-13-20(25)26/h3-11H,12-13H2,1-2H3,(H,25,26)(H,22,23,24). The minimum Gasteiger partial charge on any atom is -0.497 e. The number of carboxylic acid groups (broad SMARTS) is 1. The molecule has 0 unspecified atom stereocenters. The molecule has 0 fully saturated rings. The van der Waals surface area contributed by atoms with E-state index in [-0.39, 0.29) is 5.88 Å². The Morgan fingerprint density at radius 1 is 1.03 bits per heavy atom. The molecule has 0 saturated heterocycles. The number of anilines is 1. The van der Waals surface area contributed by atoms with Crippen LogP contribution in [0.15, 0.2) is 54.6 Å². The predicted octanol–water partition coefficient (Wildman–Crippen LogP) is 3.24. The van der Waals surface area contributed by atoms with E-state index in [1.54, 1.807) is 20.3 Å². The minimum atomic E-state index is -1.08. The Balaban J connectivity index is 1.88. The summed E-state index contributed by atoms with van der Waals surface area (Å²) in [5.41, 5.74) is 2.33. The number of nitrogens with one attached hydrogen (secondary N) is 1. The molecule has 0 bridgehead atoms. The van der Waals surface area contributed by atoms with Crippen molar-refractivity contribution in [1.82, 2.24) is 9.97 Å². The van der Waals surface area contributed by atoms with E-state index < -0.39 is 12.6 Å². The molecule has 2 N–H and O–H groups in total. The summed E-state index contributed by atoms with van der Waals surface area (Å²) in [6, 6.07) is 16.6. The minimum absolute atomic E-state index is 0.168. The van der Waals surface area contributed by atoms with Gasteiger partial charge in [0.2, 0.25) is 11.8 Å². The Hall–Kier alpha value is -3.81. The number of aromatic nitrogens is 2. The highest BCUT2D eigenvalue weighted by Gasteiger charge is 2.11. The molecule has 0 aliphatic rings. The maximum Gasteiger partial charge on any atom is 0.341 e. The SMILES string of the molecule is COc1ccc(OC)c(CNc2nc(OCC(=O)O)cc(-c3ccccc3)n2)c1. The third kappa shape index (κ3) is 5.35. The van der Waals surface area contributed by atoms with E-state index in [1.807, 2.05) is 48.5 Å². The van der Waals surface area contributed by atoms with Gasteiger partial charge in [0, 0.05) is 23.7 Å². The molecule has 29 heavy (non-hydrogen) atoms. The molecule has 2 aromatic carbocycles. The average molecular weight is 395 g/mol. The smallest absolute Gasteiger partial charge is 0.341 e. The summed E-state index contributed by atoms with van der Waals surface area (Å²) in [4.78, 5) is 19.6. The molecule has 8 heteroatoms. The van der Waals surface area contributed by atoms with E-state index in [0.717, 1.165) is 11.1 Å². The average Bonchev–Trinajstić information content (AvgIpc) is 2.76. The highest BCUT2D eigenvalue weighted by atomic mass is 16.5. The van der Waals surface area contributed by atoms with Crippen molar-refractivity contribution >= 4 is 11.9 Å². The van der Waals surface area contributed by atoms with E-state index in [2.05, 4.69) is 15.3 Å². The van der Waals surface area contributed by atoms with Crippen molar-refractivity contribution < 1.29 is 24.1 Å². The monoisotopic (exact) mass is 395 g/mol. The fraction of sp³-hybridized carbons (Fsp3) is 0.190. The molecular formula is C21H21N3O5. The van der Waals surface area contributed by atoms with Gasteiger partial charge in [-0.1, -0.05) is 30.3 Å². The van der Waals surface area contributed by atoms with Crippen LogP contribution in [0.25, 0.3) is 11.3 Å². The maximum atomic E-state index is 10.8. The lowest BCUT2D eigenvalue weighted by molar-refractivity contribution is -0.139. The first-order chi connectivity index (χ1) is 14.1. The maximum absolute atomic E-state index is 10.8. The zero-order valence-corrected chi connectivity index (χ0v) is 16.1. The van der Waals surface area contributed by atoms with Gasteiger partial charge in [-0.3, -0.25) is 0 Å². The Morgan fingerprint density at radius 3 is 2.52 bits per heavy atom. The van der Waals surface area contributed by atoms with Crippen LogP contribution in [0.3, 0.4) is 0 Å². The predicted molar refractivity (Wildman–Crippen MR) is 107 cm³/mol. The van der Waals surface area contributed by atoms with Crippen LogP contribution < -0.4 is 19.5 Å². The topological polar surface area (TPSA) is 103 Å². The highest BCUT2D eigenvalue weighted by Crippen LogP contribution is 2.26. The van der Waals surface area contributed by atoms with Gasteiger partial charge >= 0.3 is 5.97 Å². The number of carboxylic acids is 1. The van der Waals surface area contributed by atoms with Crippen molar-refractivity contribution in [3.05, 3.63) is 60.2 Å². The third-order valence-corrected chi connectivity index (χ3v) is 4.04. The summed E-state index contributed by atoms with van der Waals surface area (Å²) < 4.78 is 15.9. The van der Waals surface area contributed by atoms with Crippen molar-refractivity contribution in [1.29, 1.82) is 0 Å². The molecule has 8 nitrogen and oxygen atoms in total. The van der Waals surface area contributed by atoms with Crippen molar-refractivity contribution in [2.24, 2.45) is 0 Å². The Bertz CT molecular complexity index is 979. The van der Waals surface area contributed by atoms with Gasteiger partial charge in [0.1, 0.15) is 11.5 Å². The molecule has 1 aromatic heterocycles. The van der Waals surface area contributed by atoms with E-state index in [9.17, 15) is 4.79 Å². The quantitative estimate of drug-likeness (QED) is 0.569. The van der Waals surface area contributed by atoms with Gasteiger partial charge in [0.15, 0.2) is 6.61 Å². The van der Waals surface area contributed by atoms with Crippen LogP contribution in [-0.4, -0.2) is 41.9 Å². The molecule has 0 amide bonds. The third-order valence-electron chi connectivity index (χ3n) is 4.04. The zero-order chi connectivity index (χ0) is 20.6. The number of benzene rings is 2. The number of methoxy groups -OCH3 is 2. The molecule has 150 valence electrons. The first kappa shape index (κ1) is 19.9. The molecule has 3 aromatic rings. The van der Waals surface area contributed by atoms with E-state index >= 15 is 0 Å². The zero-order valence-electron chi connectivity index (χ0n) is 16.1. The number of nitrogens with zero attached hydrogens (tertiary/aromatic N) is 2. The summed E-state index contributed by atoms with van der Waals surface area (Å²) >= 11 is 0. The van der Waals surface area contributed by atoms with E-state index in [1.165, 1.54) is 0 Å². The first-order valence-electron chi connectivity index (χ1n) is 8.83. The molecule has 0 saturated carbocycles. The van der Waals surface area contributed by atoms with Crippen molar-refractivity contribution in [2.45, 2.75) is 6.54 Å². The second-order valence-electron chi connectivity index (χ2n) is 5.99. The Labute approximate surface area is 168 Å².